The second-order valence-corrected chi connectivity index (χ2v) is 5.93. The Morgan fingerprint density at radius 1 is 1.35 bits per heavy atom. The fourth-order valence-corrected chi connectivity index (χ4v) is 2.50. The number of primary amides is 1. The van der Waals surface area contributed by atoms with E-state index in [0.717, 1.165) is 5.56 Å². The predicted molar refractivity (Wildman–Crippen MR) is 89.5 cm³/mol. The van der Waals surface area contributed by atoms with Crippen LogP contribution in [0.1, 0.15) is 42.1 Å². The van der Waals surface area contributed by atoms with Crippen molar-refractivity contribution >= 4 is 29.2 Å². The van der Waals surface area contributed by atoms with Crippen LogP contribution < -0.4 is 11.1 Å². The Hall–Kier alpha value is -2.34. The van der Waals surface area contributed by atoms with Crippen LogP contribution in [0.4, 0.5) is 5.82 Å². The van der Waals surface area contributed by atoms with E-state index in [4.69, 9.17) is 17.3 Å². The van der Waals surface area contributed by atoms with E-state index >= 15 is 0 Å². The maximum Gasteiger partial charge on any atom is 0.256 e. The average Bonchev–Trinajstić information content (AvgIpc) is 2.92. The molecular formula is C16H19ClN4O2. The van der Waals surface area contributed by atoms with E-state index in [2.05, 4.69) is 10.4 Å². The maximum absolute atomic E-state index is 12.2. The summed E-state index contributed by atoms with van der Waals surface area (Å²) >= 11 is 6.20. The lowest BCUT2D eigenvalue weighted by atomic mass is 10.0. The molecule has 3 N–H and O–H groups in total. The van der Waals surface area contributed by atoms with Crippen LogP contribution in [0.5, 0.6) is 0 Å². The number of hydrogen-bond acceptors (Lipinski definition) is 3. The molecule has 2 rings (SSSR count). The van der Waals surface area contributed by atoms with E-state index in [-0.39, 0.29) is 12.3 Å². The van der Waals surface area contributed by atoms with Gasteiger partial charge in [0.25, 0.3) is 5.91 Å². The summed E-state index contributed by atoms with van der Waals surface area (Å²) in [5.74, 6) is 0.0115. The molecule has 0 aliphatic heterocycles. The molecule has 1 aromatic carbocycles. The molecule has 0 bridgehead atoms. The number of nitrogens with two attached hydrogens (primary N) is 1. The molecular weight excluding hydrogens is 316 g/mol. The Bertz CT molecular complexity index is 725. The highest BCUT2D eigenvalue weighted by molar-refractivity contribution is 6.31. The zero-order valence-electron chi connectivity index (χ0n) is 13.0. The number of amides is 2. The molecule has 1 aromatic heterocycles. The van der Waals surface area contributed by atoms with Gasteiger partial charge in [-0.1, -0.05) is 31.5 Å². The van der Waals surface area contributed by atoms with Gasteiger partial charge < -0.3 is 11.1 Å². The largest absolute Gasteiger partial charge is 0.370 e. The fraction of sp³-hybridized carbons (Fsp3) is 0.312. The van der Waals surface area contributed by atoms with Crippen LogP contribution in [0.2, 0.25) is 5.02 Å². The zero-order valence-corrected chi connectivity index (χ0v) is 13.8. The lowest BCUT2D eigenvalue weighted by Crippen LogP contribution is -2.15. The quantitative estimate of drug-likeness (QED) is 0.851. The summed E-state index contributed by atoms with van der Waals surface area (Å²) in [6.07, 6.45) is 1.87. The van der Waals surface area contributed by atoms with Crippen LogP contribution in [-0.4, -0.2) is 21.6 Å². The number of halogens is 1. The molecule has 0 spiro atoms. The minimum absolute atomic E-state index is 0.196. The number of hydrogen-bond donors (Lipinski definition) is 2. The topological polar surface area (TPSA) is 90.0 Å². The van der Waals surface area contributed by atoms with Gasteiger partial charge in [0.15, 0.2) is 5.82 Å². The van der Waals surface area contributed by atoms with Gasteiger partial charge in [0.05, 0.1) is 0 Å². The van der Waals surface area contributed by atoms with Crippen LogP contribution in [0.3, 0.4) is 0 Å². The predicted octanol–water partition coefficient (Wildman–Crippen LogP) is 2.79. The number of rotatable bonds is 6. The van der Waals surface area contributed by atoms with E-state index in [9.17, 15) is 9.59 Å². The molecule has 122 valence electrons. The lowest BCUT2D eigenvalue weighted by Gasteiger charge is -2.09. The lowest BCUT2D eigenvalue weighted by molar-refractivity contribution is -0.118. The number of carbonyl (C=O) groups excluding carboxylic acids is 2. The summed E-state index contributed by atoms with van der Waals surface area (Å²) in [6, 6.07) is 6.90. The Morgan fingerprint density at radius 2 is 2.09 bits per heavy atom. The summed E-state index contributed by atoms with van der Waals surface area (Å²) in [4.78, 5) is 23.0. The first-order valence-corrected chi connectivity index (χ1v) is 7.67. The summed E-state index contributed by atoms with van der Waals surface area (Å²) in [6.45, 7) is 4.46. The van der Waals surface area contributed by atoms with Crippen molar-refractivity contribution in [2.24, 2.45) is 5.73 Å². The molecule has 2 amide bonds. The number of carbonyl (C=O) groups is 2. The van der Waals surface area contributed by atoms with Crippen LogP contribution in [0.15, 0.2) is 30.5 Å². The van der Waals surface area contributed by atoms with Crippen molar-refractivity contribution in [3.8, 4) is 0 Å². The highest BCUT2D eigenvalue weighted by atomic mass is 35.5. The van der Waals surface area contributed by atoms with Crippen molar-refractivity contribution in [2.75, 3.05) is 5.32 Å². The van der Waals surface area contributed by atoms with Crippen molar-refractivity contribution in [3.05, 3.63) is 46.6 Å². The number of benzene rings is 1. The van der Waals surface area contributed by atoms with Crippen LogP contribution >= 0.6 is 11.6 Å². The smallest absolute Gasteiger partial charge is 0.256 e. The van der Waals surface area contributed by atoms with Gasteiger partial charge in [0.2, 0.25) is 5.91 Å². The number of nitrogens with one attached hydrogen (secondary N) is 1. The second-order valence-electron chi connectivity index (χ2n) is 5.53. The Kier molecular flexibility index (Phi) is 5.39. The third-order valence-corrected chi connectivity index (χ3v) is 3.68. The zero-order chi connectivity index (χ0) is 17.0. The standard InChI is InChI=1S/C16H19ClN4O2/c1-10(2)12-4-3-11(9-13(12)17)16(23)19-15-6-8-21(20-15)7-5-14(18)22/h3-4,6,8-10H,5,7H2,1-2H3,(H2,18,22)(H,19,20,23). The minimum atomic E-state index is -0.397. The monoisotopic (exact) mass is 334 g/mol. The second kappa shape index (κ2) is 7.28. The molecule has 6 nitrogen and oxygen atoms in total. The van der Waals surface area contributed by atoms with E-state index in [1.165, 1.54) is 0 Å². The molecule has 0 atom stereocenters. The first-order valence-electron chi connectivity index (χ1n) is 7.29. The molecule has 23 heavy (non-hydrogen) atoms. The summed E-state index contributed by atoms with van der Waals surface area (Å²) in [7, 11) is 0. The Morgan fingerprint density at radius 3 is 2.70 bits per heavy atom. The van der Waals surface area contributed by atoms with Gasteiger partial charge in [-0.05, 0) is 23.6 Å². The highest BCUT2D eigenvalue weighted by Crippen LogP contribution is 2.25. The first-order chi connectivity index (χ1) is 10.9. The van der Waals surface area contributed by atoms with Gasteiger partial charge in [-0.2, -0.15) is 5.10 Å². The van der Waals surface area contributed by atoms with E-state index in [1.54, 1.807) is 29.1 Å². The molecule has 0 aliphatic rings. The molecule has 0 aliphatic carbocycles. The number of anilines is 1. The van der Waals surface area contributed by atoms with E-state index in [0.29, 0.717) is 28.9 Å². The van der Waals surface area contributed by atoms with E-state index < -0.39 is 5.91 Å². The third kappa shape index (κ3) is 4.56. The van der Waals surface area contributed by atoms with Gasteiger partial charge in [-0.25, -0.2) is 0 Å². The molecule has 0 unspecified atom stereocenters. The first kappa shape index (κ1) is 17.0. The van der Waals surface area contributed by atoms with Crippen molar-refractivity contribution < 1.29 is 9.59 Å². The molecule has 0 saturated heterocycles. The van der Waals surface area contributed by atoms with Crippen LogP contribution in [0.25, 0.3) is 0 Å². The molecule has 1 heterocycles. The Labute approximate surface area is 139 Å². The van der Waals surface area contributed by atoms with Crippen molar-refractivity contribution in [1.29, 1.82) is 0 Å². The third-order valence-electron chi connectivity index (χ3n) is 3.35. The van der Waals surface area contributed by atoms with Gasteiger partial charge in [0, 0.05) is 35.8 Å². The molecule has 0 fully saturated rings. The van der Waals surface area contributed by atoms with Gasteiger partial charge in [-0.3, -0.25) is 14.3 Å². The molecule has 0 saturated carbocycles. The van der Waals surface area contributed by atoms with E-state index in [1.807, 2.05) is 19.9 Å². The fourth-order valence-electron chi connectivity index (χ4n) is 2.10. The summed E-state index contributed by atoms with van der Waals surface area (Å²) in [5, 5.41) is 7.43. The molecule has 2 aromatic rings. The van der Waals surface area contributed by atoms with Gasteiger partial charge in [-0.15, -0.1) is 0 Å². The SMILES string of the molecule is CC(C)c1ccc(C(=O)Nc2ccn(CCC(N)=O)n2)cc1Cl. The Balaban J connectivity index is 2.04. The van der Waals surface area contributed by atoms with Crippen molar-refractivity contribution in [3.63, 3.8) is 0 Å². The average molecular weight is 335 g/mol. The summed E-state index contributed by atoms with van der Waals surface area (Å²) < 4.78 is 1.55. The van der Waals surface area contributed by atoms with Gasteiger partial charge >= 0.3 is 0 Å². The number of aromatic nitrogens is 2. The highest BCUT2D eigenvalue weighted by Gasteiger charge is 2.12. The summed E-state index contributed by atoms with van der Waals surface area (Å²) in [5.41, 5.74) is 6.55. The molecule has 0 radical (unpaired) electrons. The normalized spacial score (nSPS) is 10.8. The van der Waals surface area contributed by atoms with Crippen LogP contribution in [0, 0.1) is 0 Å². The van der Waals surface area contributed by atoms with Crippen molar-refractivity contribution in [2.45, 2.75) is 32.7 Å². The minimum Gasteiger partial charge on any atom is -0.370 e. The van der Waals surface area contributed by atoms with Gasteiger partial charge in [0.1, 0.15) is 0 Å². The number of nitrogens with zero attached hydrogens (tertiary/aromatic N) is 2. The van der Waals surface area contributed by atoms with Crippen molar-refractivity contribution in [1.82, 2.24) is 9.78 Å². The molecule has 7 heteroatoms. The number of aryl methyl sites for hydroxylation is 1. The van der Waals surface area contributed by atoms with Crippen LogP contribution in [-0.2, 0) is 11.3 Å². The maximum atomic E-state index is 12.2.